The number of hydrogen-bond donors (Lipinski definition) is 0. The van der Waals surface area contributed by atoms with Crippen LogP contribution in [0.1, 0.15) is 17.3 Å². The Morgan fingerprint density at radius 1 is 1.09 bits per heavy atom. The van der Waals surface area contributed by atoms with Crippen molar-refractivity contribution < 1.29 is 18.7 Å². The summed E-state index contributed by atoms with van der Waals surface area (Å²) < 4.78 is 23.4. The first-order valence-electron chi connectivity index (χ1n) is 6.90. The normalized spacial score (nSPS) is 10.2. The van der Waals surface area contributed by atoms with Crippen molar-refractivity contribution in [3.8, 4) is 11.5 Å². The lowest BCUT2D eigenvalue weighted by atomic mass is 10.1. The summed E-state index contributed by atoms with van der Waals surface area (Å²) in [4.78, 5) is 14.3. The Kier molecular flexibility index (Phi) is 4.99. The van der Waals surface area contributed by atoms with Crippen LogP contribution in [0.15, 0.2) is 42.5 Å². The molecule has 116 valence electrons. The lowest BCUT2D eigenvalue weighted by Gasteiger charge is -2.22. The third-order valence-electron chi connectivity index (χ3n) is 3.34. The molecule has 0 unspecified atom stereocenters. The highest BCUT2D eigenvalue weighted by Gasteiger charge is 2.20. The predicted octanol–water partition coefficient (Wildman–Crippen LogP) is 3.51. The second-order valence-electron chi connectivity index (χ2n) is 4.59. The molecule has 22 heavy (non-hydrogen) atoms. The molecule has 0 atom stereocenters. The van der Waals surface area contributed by atoms with Gasteiger partial charge < -0.3 is 14.4 Å². The Labute approximate surface area is 129 Å². The number of anilines is 1. The van der Waals surface area contributed by atoms with Crippen LogP contribution in [0.4, 0.5) is 10.1 Å². The average Bonchev–Trinajstić information content (AvgIpc) is 2.56. The summed E-state index contributed by atoms with van der Waals surface area (Å²) in [7, 11) is 3.05. The number of amides is 1. The second-order valence-corrected chi connectivity index (χ2v) is 4.59. The molecule has 0 N–H and O–H groups in total. The molecule has 0 fully saturated rings. The highest BCUT2D eigenvalue weighted by molar-refractivity contribution is 6.08. The van der Waals surface area contributed by atoms with Crippen LogP contribution in [-0.2, 0) is 0 Å². The average molecular weight is 303 g/mol. The van der Waals surface area contributed by atoms with Crippen LogP contribution < -0.4 is 14.4 Å². The Morgan fingerprint density at radius 2 is 1.77 bits per heavy atom. The fourth-order valence-electron chi connectivity index (χ4n) is 2.19. The lowest BCUT2D eigenvalue weighted by Crippen LogP contribution is -2.30. The molecule has 0 saturated carbocycles. The Balaban J connectivity index is 2.38. The summed E-state index contributed by atoms with van der Waals surface area (Å²) in [5.41, 5.74) is 1.06. The maximum Gasteiger partial charge on any atom is 0.262 e. The largest absolute Gasteiger partial charge is 0.497 e. The minimum atomic E-state index is -0.339. The van der Waals surface area contributed by atoms with Gasteiger partial charge in [-0.05, 0) is 43.3 Å². The number of halogens is 1. The molecule has 1 amide bonds. The van der Waals surface area contributed by atoms with Crippen molar-refractivity contribution in [1.82, 2.24) is 0 Å². The SMILES string of the molecule is CCN(C(=O)c1ccc(OC)cc1OC)c1ccc(F)cc1. The zero-order valence-electron chi connectivity index (χ0n) is 12.8. The molecule has 0 spiro atoms. The van der Waals surface area contributed by atoms with E-state index in [0.717, 1.165) is 0 Å². The molecule has 0 saturated heterocycles. The highest BCUT2D eigenvalue weighted by Crippen LogP contribution is 2.27. The molecular weight excluding hydrogens is 285 g/mol. The van der Waals surface area contributed by atoms with Crippen molar-refractivity contribution in [2.75, 3.05) is 25.7 Å². The first-order valence-corrected chi connectivity index (χ1v) is 6.90. The van der Waals surface area contributed by atoms with E-state index in [-0.39, 0.29) is 11.7 Å². The van der Waals surface area contributed by atoms with Crippen molar-refractivity contribution in [3.05, 3.63) is 53.8 Å². The second kappa shape index (κ2) is 6.93. The van der Waals surface area contributed by atoms with Crippen molar-refractivity contribution in [3.63, 3.8) is 0 Å². The number of hydrogen-bond acceptors (Lipinski definition) is 3. The Bertz CT molecular complexity index is 655. The van der Waals surface area contributed by atoms with E-state index in [4.69, 9.17) is 9.47 Å². The van der Waals surface area contributed by atoms with Crippen molar-refractivity contribution in [1.29, 1.82) is 0 Å². The maximum atomic E-state index is 13.0. The van der Waals surface area contributed by atoms with Gasteiger partial charge in [-0.25, -0.2) is 4.39 Å². The van der Waals surface area contributed by atoms with Gasteiger partial charge in [0, 0.05) is 18.3 Å². The number of rotatable bonds is 5. The molecule has 0 bridgehead atoms. The smallest absolute Gasteiger partial charge is 0.262 e. The molecule has 2 rings (SSSR count). The van der Waals surface area contributed by atoms with E-state index < -0.39 is 0 Å². The third-order valence-corrected chi connectivity index (χ3v) is 3.34. The van der Waals surface area contributed by atoms with Gasteiger partial charge in [0.1, 0.15) is 17.3 Å². The van der Waals surface area contributed by atoms with Gasteiger partial charge in [0.25, 0.3) is 5.91 Å². The van der Waals surface area contributed by atoms with E-state index in [0.29, 0.717) is 29.3 Å². The summed E-state index contributed by atoms with van der Waals surface area (Å²) in [6, 6.07) is 10.8. The van der Waals surface area contributed by atoms with E-state index in [9.17, 15) is 9.18 Å². The van der Waals surface area contributed by atoms with E-state index in [2.05, 4.69) is 0 Å². The van der Waals surface area contributed by atoms with Crippen LogP contribution >= 0.6 is 0 Å². The van der Waals surface area contributed by atoms with Gasteiger partial charge in [-0.1, -0.05) is 0 Å². The molecule has 0 aromatic heterocycles. The number of methoxy groups -OCH3 is 2. The number of nitrogens with zero attached hydrogens (tertiary/aromatic N) is 1. The van der Waals surface area contributed by atoms with Crippen LogP contribution in [0.5, 0.6) is 11.5 Å². The molecule has 0 aliphatic heterocycles. The standard InChI is InChI=1S/C17H18FNO3/c1-4-19(13-7-5-12(18)6-8-13)17(20)15-10-9-14(21-2)11-16(15)22-3/h5-11H,4H2,1-3H3. The van der Waals surface area contributed by atoms with Crippen molar-refractivity contribution >= 4 is 11.6 Å². The van der Waals surface area contributed by atoms with Gasteiger partial charge in [-0.2, -0.15) is 0 Å². The molecular formula is C17H18FNO3. The van der Waals surface area contributed by atoms with E-state index in [1.165, 1.54) is 19.2 Å². The van der Waals surface area contributed by atoms with Gasteiger partial charge in [0.2, 0.25) is 0 Å². The molecule has 0 radical (unpaired) electrons. The molecule has 5 heteroatoms. The summed E-state index contributed by atoms with van der Waals surface area (Å²) in [5.74, 6) is 0.492. The number of carbonyl (C=O) groups is 1. The van der Waals surface area contributed by atoms with Gasteiger partial charge in [-0.3, -0.25) is 4.79 Å². The van der Waals surface area contributed by atoms with Crippen molar-refractivity contribution in [2.24, 2.45) is 0 Å². The number of benzene rings is 2. The Hall–Kier alpha value is -2.56. The van der Waals surface area contributed by atoms with E-state index in [1.54, 1.807) is 42.3 Å². The Morgan fingerprint density at radius 3 is 2.32 bits per heavy atom. The fraction of sp³-hybridized carbons (Fsp3) is 0.235. The first-order chi connectivity index (χ1) is 10.6. The number of ether oxygens (including phenoxy) is 2. The van der Waals surface area contributed by atoms with E-state index in [1.807, 2.05) is 6.92 Å². The molecule has 0 aliphatic rings. The zero-order chi connectivity index (χ0) is 16.1. The van der Waals surface area contributed by atoms with Crippen LogP contribution in [0, 0.1) is 5.82 Å². The van der Waals surface area contributed by atoms with Gasteiger partial charge in [0.05, 0.1) is 19.8 Å². The molecule has 2 aromatic carbocycles. The summed E-state index contributed by atoms with van der Waals surface area (Å²) in [6.07, 6.45) is 0. The lowest BCUT2D eigenvalue weighted by molar-refractivity contribution is 0.0985. The monoisotopic (exact) mass is 303 g/mol. The van der Waals surface area contributed by atoms with Crippen LogP contribution in [-0.4, -0.2) is 26.7 Å². The summed E-state index contributed by atoms with van der Waals surface area (Å²) >= 11 is 0. The topological polar surface area (TPSA) is 38.8 Å². The summed E-state index contributed by atoms with van der Waals surface area (Å²) in [6.45, 7) is 2.32. The zero-order valence-corrected chi connectivity index (χ0v) is 12.8. The maximum absolute atomic E-state index is 13.0. The molecule has 2 aromatic rings. The quantitative estimate of drug-likeness (QED) is 0.848. The highest BCUT2D eigenvalue weighted by atomic mass is 19.1. The number of carbonyl (C=O) groups excluding carboxylic acids is 1. The minimum Gasteiger partial charge on any atom is -0.497 e. The van der Waals surface area contributed by atoms with Crippen molar-refractivity contribution in [2.45, 2.75) is 6.92 Å². The third kappa shape index (κ3) is 3.19. The first kappa shape index (κ1) is 15.8. The minimum absolute atomic E-state index is 0.214. The predicted molar refractivity (Wildman–Crippen MR) is 83.3 cm³/mol. The van der Waals surface area contributed by atoms with Crippen LogP contribution in [0.2, 0.25) is 0 Å². The van der Waals surface area contributed by atoms with Gasteiger partial charge in [-0.15, -0.1) is 0 Å². The van der Waals surface area contributed by atoms with Gasteiger partial charge in [0.15, 0.2) is 0 Å². The van der Waals surface area contributed by atoms with Crippen LogP contribution in [0.25, 0.3) is 0 Å². The molecule has 0 heterocycles. The fourth-order valence-corrected chi connectivity index (χ4v) is 2.19. The summed E-state index contributed by atoms with van der Waals surface area (Å²) in [5, 5.41) is 0. The van der Waals surface area contributed by atoms with Crippen LogP contribution in [0.3, 0.4) is 0 Å². The van der Waals surface area contributed by atoms with E-state index >= 15 is 0 Å². The molecule has 0 aliphatic carbocycles. The molecule has 4 nitrogen and oxygen atoms in total. The van der Waals surface area contributed by atoms with Gasteiger partial charge >= 0.3 is 0 Å².